The molecule has 0 bridgehead atoms. The third-order valence-electron chi connectivity index (χ3n) is 3.22. The Bertz CT molecular complexity index is 923. The monoisotopic (exact) mass is 407 g/mol. The molecule has 0 saturated heterocycles. The first-order valence-corrected chi connectivity index (χ1v) is 10.6. The maximum atomic E-state index is 12.3. The number of thiophene rings is 1. The maximum Gasteiger partial charge on any atom is 0.275 e. The Labute approximate surface area is 152 Å². The fraction of sp³-hybridized carbons (Fsp3) is 0.154. The van der Waals surface area contributed by atoms with E-state index in [9.17, 15) is 8.42 Å². The van der Waals surface area contributed by atoms with E-state index in [0.717, 1.165) is 16.2 Å². The van der Waals surface area contributed by atoms with Crippen molar-refractivity contribution in [3.63, 3.8) is 0 Å². The minimum absolute atomic E-state index is 0.120. The number of guanidine groups is 1. The first-order chi connectivity index (χ1) is 10.9. The van der Waals surface area contributed by atoms with Crippen molar-refractivity contribution in [3.8, 4) is 11.1 Å². The lowest BCUT2D eigenvalue weighted by Gasteiger charge is -2.19. The van der Waals surface area contributed by atoms with Crippen LogP contribution in [0, 0.1) is 0 Å². The van der Waals surface area contributed by atoms with Gasteiger partial charge in [-0.1, -0.05) is 29.3 Å². The fourth-order valence-corrected chi connectivity index (χ4v) is 5.97. The highest BCUT2D eigenvalue weighted by Crippen LogP contribution is 2.49. The lowest BCUT2D eigenvalue weighted by Crippen LogP contribution is -2.39. The lowest BCUT2D eigenvalue weighted by atomic mass is 10.1. The molecule has 1 aromatic heterocycles. The van der Waals surface area contributed by atoms with Crippen LogP contribution in [0.2, 0.25) is 9.36 Å². The molecule has 3 rings (SSSR count). The van der Waals surface area contributed by atoms with Crippen molar-refractivity contribution in [2.45, 2.75) is 9.10 Å². The molecule has 0 radical (unpaired) electrons. The molecule has 122 valence electrons. The van der Waals surface area contributed by atoms with Crippen LogP contribution in [-0.4, -0.2) is 27.7 Å². The van der Waals surface area contributed by atoms with Gasteiger partial charge in [0.05, 0.1) is 5.69 Å². The molecule has 1 aliphatic rings. The second-order valence-electron chi connectivity index (χ2n) is 4.56. The van der Waals surface area contributed by atoms with E-state index in [2.05, 4.69) is 15.0 Å². The van der Waals surface area contributed by atoms with E-state index in [-0.39, 0.29) is 10.2 Å². The molecule has 0 atom stereocenters. The number of sulfonamides is 1. The Morgan fingerprint density at radius 1 is 1.30 bits per heavy atom. The van der Waals surface area contributed by atoms with Gasteiger partial charge in [-0.15, -0.1) is 23.1 Å². The molecule has 1 aromatic carbocycles. The summed E-state index contributed by atoms with van der Waals surface area (Å²) in [5.74, 6) is 0.144. The molecule has 0 aliphatic carbocycles. The van der Waals surface area contributed by atoms with Gasteiger partial charge in [0.25, 0.3) is 10.0 Å². The third kappa shape index (κ3) is 2.94. The van der Waals surface area contributed by atoms with E-state index in [1.54, 1.807) is 11.8 Å². The Balaban J connectivity index is 2.25. The molecule has 2 aromatic rings. The maximum absolute atomic E-state index is 12.3. The third-order valence-corrected chi connectivity index (χ3v) is 7.51. The number of anilines is 1. The molecule has 0 spiro atoms. The summed E-state index contributed by atoms with van der Waals surface area (Å²) in [6.07, 6.45) is 1.95. The molecule has 0 saturated carbocycles. The molecule has 0 fully saturated rings. The van der Waals surface area contributed by atoms with Crippen molar-refractivity contribution in [3.05, 3.63) is 27.6 Å². The summed E-state index contributed by atoms with van der Waals surface area (Å²) in [5.41, 5.74) is 1.64. The van der Waals surface area contributed by atoms with Crippen LogP contribution in [0.25, 0.3) is 11.1 Å². The zero-order valence-electron chi connectivity index (χ0n) is 12.0. The normalized spacial score (nSPS) is 17.5. The molecule has 0 amide bonds. The molecule has 5 nitrogen and oxygen atoms in total. The minimum atomic E-state index is -3.70. The number of thioether (sulfide) groups is 1. The number of aliphatic imine (C=N–C) groups is 1. The van der Waals surface area contributed by atoms with Crippen LogP contribution in [0.1, 0.15) is 0 Å². The van der Waals surface area contributed by atoms with Crippen molar-refractivity contribution in [1.29, 1.82) is 0 Å². The lowest BCUT2D eigenvalue weighted by molar-refractivity contribution is 0.594. The van der Waals surface area contributed by atoms with Crippen molar-refractivity contribution in [2.75, 3.05) is 18.6 Å². The average Bonchev–Trinajstić information content (AvgIpc) is 2.84. The molecule has 2 N–H and O–H groups in total. The van der Waals surface area contributed by atoms with Crippen molar-refractivity contribution in [1.82, 2.24) is 4.72 Å². The molecule has 23 heavy (non-hydrogen) atoms. The number of hydrogen-bond donors (Lipinski definition) is 2. The molecule has 10 heteroatoms. The number of nitrogens with one attached hydrogen (secondary N) is 2. The van der Waals surface area contributed by atoms with E-state index < -0.39 is 10.0 Å². The van der Waals surface area contributed by atoms with E-state index in [1.807, 2.05) is 24.5 Å². The summed E-state index contributed by atoms with van der Waals surface area (Å²) in [4.78, 5) is 4.89. The predicted molar refractivity (Wildman–Crippen MR) is 98.9 cm³/mol. The molecule has 2 heterocycles. The van der Waals surface area contributed by atoms with Gasteiger partial charge in [0.15, 0.2) is 4.21 Å². The number of halogens is 2. The topological polar surface area (TPSA) is 70.6 Å². The molecular formula is C13H11Cl2N3O2S3. The number of fused-ring (bicyclic) bond motifs is 1. The van der Waals surface area contributed by atoms with E-state index in [1.165, 1.54) is 7.05 Å². The highest BCUT2D eigenvalue weighted by molar-refractivity contribution is 7.98. The summed E-state index contributed by atoms with van der Waals surface area (Å²) in [6, 6.07) is 5.57. The second kappa shape index (κ2) is 6.18. The predicted octanol–water partition coefficient (Wildman–Crippen LogP) is 4.13. The largest absolute Gasteiger partial charge is 0.323 e. The Kier molecular flexibility index (Phi) is 4.54. The van der Waals surface area contributed by atoms with Gasteiger partial charge in [0, 0.05) is 28.1 Å². The van der Waals surface area contributed by atoms with Gasteiger partial charge in [-0.25, -0.2) is 13.1 Å². The van der Waals surface area contributed by atoms with Gasteiger partial charge >= 0.3 is 0 Å². The van der Waals surface area contributed by atoms with Crippen molar-refractivity contribution in [2.24, 2.45) is 4.99 Å². The summed E-state index contributed by atoms with van der Waals surface area (Å²) >= 11 is 15.2. The Morgan fingerprint density at radius 3 is 2.65 bits per heavy atom. The van der Waals surface area contributed by atoms with Gasteiger partial charge in [0.1, 0.15) is 4.34 Å². The molecular weight excluding hydrogens is 397 g/mol. The summed E-state index contributed by atoms with van der Waals surface area (Å²) in [7, 11) is -2.21. The van der Waals surface area contributed by atoms with Crippen LogP contribution in [0.3, 0.4) is 0 Å². The smallest absolute Gasteiger partial charge is 0.275 e. The first kappa shape index (κ1) is 16.9. The highest BCUT2D eigenvalue weighted by atomic mass is 35.5. The number of benzene rings is 1. The van der Waals surface area contributed by atoms with Crippen LogP contribution in [-0.2, 0) is 10.0 Å². The fourth-order valence-electron chi connectivity index (χ4n) is 2.17. The zero-order chi connectivity index (χ0) is 16.8. The standard InChI is InChI=1S/C13H11Cl2N3O2S3/c1-16-13-17-10-9(7-4-3-6(21-2)5-8(7)14)11(15)22-12(10)23(19,20)18-13/h3-5H,1-2H3,(H2,16,17,18). The summed E-state index contributed by atoms with van der Waals surface area (Å²) < 4.78 is 27.4. The Hall–Kier alpha value is -0.930. The SMILES string of the molecule is CN=C1Nc2c(sc(Cl)c2-c2ccc(SC)cc2Cl)S(=O)(=O)N1. The van der Waals surface area contributed by atoms with Gasteiger partial charge < -0.3 is 5.32 Å². The van der Waals surface area contributed by atoms with Gasteiger partial charge in [0.2, 0.25) is 5.96 Å². The van der Waals surface area contributed by atoms with E-state index in [4.69, 9.17) is 23.2 Å². The van der Waals surface area contributed by atoms with E-state index in [0.29, 0.717) is 26.2 Å². The Morgan fingerprint density at radius 2 is 2.04 bits per heavy atom. The second-order valence-corrected chi connectivity index (χ2v) is 9.35. The average molecular weight is 408 g/mol. The molecule has 0 unspecified atom stereocenters. The van der Waals surface area contributed by atoms with Gasteiger partial charge in [-0.3, -0.25) is 4.99 Å². The summed E-state index contributed by atoms with van der Waals surface area (Å²) in [6.45, 7) is 0. The number of nitrogens with zero attached hydrogens (tertiary/aromatic N) is 1. The first-order valence-electron chi connectivity index (χ1n) is 6.30. The van der Waals surface area contributed by atoms with Crippen LogP contribution in [0.4, 0.5) is 5.69 Å². The van der Waals surface area contributed by atoms with E-state index >= 15 is 0 Å². The van der Waals surface area contributed by atoms with Gasteiger partial charge in [-0.2, -0.15) is 0 Å². The summed E-state index contributed by atoms with van der Waals surface area (Å²) in [5, 5.41) is 3.47. The van der Waals surface area contributed by atoms with Crippen LogP contribution >= 0.6 is 46.3 Å². The quantitative estimate of drug-likeness (QED) is 0.733. The number of hydrogen-bond acceptors (Lipinski definition) is 5. The van der Waals surface area contributed by atoms with Crippen LogP contribution < -0.4 is 10.0 Å². The zero-order valence-corrected chi connectivity index (χ0v) is 15.9. The minimum Gasteiger partial charge on any atom is -0.323 e. The molecule has 1 aliphatic heterocycles. The van der Waals surface area contributed by atoms with Crippen LogP contribution in [0.5, 0.6) is 0 Å². The van der Waals surface area contributed by atoms with Crippen molar-refractivity contribution >= 4 is 68.0 Å². The van der Waals surface area contributed by atoms with Crippen LogP contribution in [0.15, 0.2) is 32.3 Å². The highest BCUT2D eigenvalue weighted by Gasteiger charge is 2.33. The van der Waals surface area contributed by atoms with Crippen molar-refractivity contribution < 1.29 is 8.42 Å². The van der Waals surface area contributed by atoms with Gasteiger partial charge in [-0.05, 0) is 18.4 Å². The number of rotatable bonds is 2.